The first kappa shape index (κ1) is 27.9. The monoisotopic (exact) mass is 643 g/mol. The number of nitrogens with zero attached hydrogens (tertiary/aromatic N) is 1. The van der Waals surface area contributed by atoms with Crippen LogP contribution in [0.4, 0.5) is 17.1 Å². The molecule has 0 bridgehead atoms. The van der Waals surface area contributed by atoms with E-state index in [4.69, 9.17) is 4.42 Å². The van der Waals surface area contributed by atoms with Crippen LogP contribution in [0, 0.1) is 0 Å². The van der Waals surface area contributed by atoms with Crippen LogP contribution >= 0.6 is 11.3 Å². The highest BCUT2D eigenvalue weighted by Gasteiger charge is 2.19. The lowest BCUT2D eigenvalue weighted by atomic mass is 10.00. The highest BCUT2D eigenvalue weighted by molar-refractivity contribution is 7.26. The second-order valence-corrected chi connectivity index (χ2v) is 13.6. The van der Waals surface area contributed by atoms with Gasteiger partial charge in [-0.2, -0.15) is 0 Å². The Kier molecular flexibility index (Phi) is 6.39. The molecular formula is C46H29NOS. The molecule has 2 heterocycles. The zero-order valence-electron chi connectivity index (χ0n) is 26.5. The quantitative estimate of drug-likeness (QED) is 0.186. The summed E-state index contributed by atoms with van der Waals surface area (Å²) in [6.45, 7) is 0. The number of hydrogen-bond acceptors (Lipinski definition) is 3. The van der Waals surface area contributed by atoms with Gasteiger partial charge < -0.3 is 9.32 Å². The van der Waals surface area contributed by atoms with Crippen molar-refractivity contribution in [2.45, 2.75) is 0 Å². The number of furan rings is 1. The Bertz CT molecular complexity index is 2840. The molecule has 0 aliphatic heterocycles. The van der Waals surface area contributed by atoms with Crippen LogP contribution in [0.2, 0.25) is 0 Å². The number of anilines is 3. The minimum atomic E-state index is 0.912. The molecule has 2 aromatic heterocycles. The summed E-state index contributed by atoms with van der Waals surface area (Å²) in [7, 11) is 0. The lowest BCUT2D eigenvalue weighted by Crippen LogP contribution is -2.10. The average Bonchev–Trinajstić information content (AvgIpc) is 3.74. The molecule has 3 heteroatoms. The second-order valence-electron chi connectivity index (χ2n) is 12.6. The van der Waals surface area contributed by atoms with Crippen molar-refractivity contribution in [3.05, 3.63) is 176 Å². The normalized spacial score (nSPS) is 11.7. The summed E-state index contributed by atoms with van der Waals surface area (Å²) in [6.07, 6.45) is 0. The fraction of sp³-hybridized carbons (Fsp3) is 0. The van der Waals surface area contributed by atoms with Crippen molar-refractivity contribution >= 4 is 81.3 Å². The van der Waals surface area contributed by atoms with Crippen molar-refractivity contribution in [2.75, 3.05) is 4.90 Å². The van der Waals surface area contributed by atoms with Gasteiger partial charge in [0, 0.05) is 37.6 Å². The van der Waals surface area contributed by atoms with E-state index in [9.17, 15) is 0 Å². The molecule has 8 aromatic carbocycles. The van der Waals surface area contributed by atoms with Gasteiger partial charge in [0.15, 0.2) is 0 Å². The topological polar surface area (TPSA) is 16.4 Å². The fourth-order valence-corrected chi connectivity index (χ4v) is 8.44. The van der Waals surface area contributed by atoms with Gasteiger partial charge >= 0.3 is 0 Å². The van der Waals surface area contributed by atoms with Crippen LogP contribution in [-0.4, -0.2) is 0 Å². The highest BCUT2D eigenvalue weighted by Crippen LogP contribution is 2.45. The Morgan fingerprint density at radius 1 is 0.388 bits per heavy atom. The zero-order valence-corrected chi connectivity index (χ0v) is 27.3. The molecule has 0 spiro atoms. The molecule has 0 fully saturated rings. The molecule has 0 saturated heterocycles. The van der Waals surface area contributed by atoms with Crippen molar-refractivity contribution < 1.29 is 4.42 Å². The summed E-state index contributed by atoms with van der Waals surface area (Å²) in [6, 6.07) is 63.4. The van der Waals surface area contributed by atoms with E-state index in [0.29, 0.717) is 0 Å². The van der Waals surface area contributed by atoms with Crippen LogP contribution in [0.3, 0.4) is 0 Å². The van der Waals surface area contributed by atoms with Gasteiger partial charge in [-0.3, -0.25) is 0 Å². The average molecular weight is 644 g/mol. The largest absolute Gasteiger partial charge is 0.456 e. The van der Waals surface area contributed by atoms with Gasteiger partial charge in [0.25, 0.3) is 0 Å². The number of hydrogen-bond donors (Lipinski definition) is 0. The lowest BCUT2D eigenvalue weighted by molar-refractivity contribution is 0.669. The number of thiophene rings is 1. The van der Waals surface area contributed by atoms with Crippen LogP contribution in [0.25, 0.3) is 75.1 Å². The van der Waals surface area contributed by atoms with Crippen LogP contribution in [0.1, 0.15) is 0 Å². The molecule has 0 unspecified atom stereocenters. The van der Waals surface area contributed by atoms with Gasteiger partial charge in [0.1, 0.15) is 11.2 Å². The Labute approximate surface area is 287 Å². The van der Waals surface area contributed by atoms with Crippen LogP contribution in [0.5, 0.6) is 0 Å². The molecule has 0 atom stereocenters. The molecule has 230 valence electrons. The molecule has 2 nitrogen and oxygen atoms in total. The molecule has 0 amide bonds. The third-order valence-corrected chi connectivity index (χ3v) is 10.9. The standard InChI is InChI=1S/C46H29NOS/c1-2-10-32-27-34(20-19-30(32)9-1)33-11-7-12-37(28-33)47(42-16-8-15-40-39-14-4-6-18-45(39)49-46(40)42)36-24-21-31(22-25-36)35-23-26-44-41(29-35)38-13-3-5-17-43(38)48-44/h1-29H. The number of para-hydroxylation sites is 1. The maximum atomic E-state index is 6.11. The highest BCUT2D eigenvalue weighted by atomic mass is 32.1. The van der Waals surface area contributed by atoms with E-state index in [0.717, 1.165) is 33.3 Å². The first-order valence-electron chi connectivity index (χ1n) is 16.6. The van der Waals surface area contributed by atoms with E-state index in [1.165, 1.54) is 58.9 Å². The second kappa shape index (κ2) is 11.2. The summed E-state index contributed by atoms with van der Waals surface area (Å²) in [5.74, 6) is 0. The van der Waals surface area contributed by atoms with Crippen LogP contribution < -0.4 is 4.90 Å². The van der Waals surface area contributed by atoms with E-state index >= 15 is 0 Å². The summed E-state index contributed by atoms with van der Waals surface area (Å²) in [4.78, 5) is 2.42. The van der Waals surface area contributed by atoms with Gasteiger partial charge in [0.05, 0.1) is 10.4 Å². The molecular weight excluding hydrogens is 615 g/mol. The molecule has 10 rings (SSSR count). The molecule has 10 aromatic rings. The van der Waals surface area contributed by atoms with E-state index in [-0.39, 0.29) is 0 Å². The first-order chi connectivity index (χ1) is 24.3. The molecule has 49 heavy (non-hydrogen) atoms. The zero-order chi connectivity index (χ0) is 32.3. The smallest absolute Gasteiger partial charge is 0.135 e. The number of benzene rings is 8. The van der Waals surface area contributed by atoms with Crippen molar-refractivity contribution in [3.63, 3.8) is 0 Å². The van der Waals surface area contributed by atoms with Crippen LogP contribution in [-0.2, 0) is 0 Å². The fourth-order valence-electron chi connectivity index (χ4n) is 7.24. The maximum Gasteiger partial charge on any atom is 0.135 e. The minimum Gasteiger partial charge on any atom is -0.456 e. The summed E-state index contributed by atoms with van der Waals surface area (Å²) < 4.78 is 8.68. The van der Waals surface area contributed by atoms with Crippen LogP contribution in [0.15, 0.2) is 180 Å². The SMILES string of the molecule is c1cc(-c2ccc3ccccc3c2)cc(N(c2ccc(-c3ccc4oc5ccccc5c4c3)cc2)c2cccc3c2sc2ccccc23)c1. The Balaban J connectivity index is 1.12. The van der Waals surface area contributed by atoms with Gasteiger partial charge in [-0.1, -0.05) is 115 Å². The minimum absolute atomic E-state index is 0.912. The first-order valence-corrected chi connectivity index (χ1v) is 17.4. The third kappa shape index (κ3) is 4.70. The molecule has 0 aliphatic rings. The Morgan fingerprint density at radius 2 is 1.06 bits per heavy atom. The third-order valence-electron chi connectivity index (χ3n) is 9.65. The Hall–Kier alpha value is -6.16. The summed E-state index contributed by atoms with van der Waals surface area (Å²) in [5.41, 5.74) is 9.97. The van der Waals surface area contributed by atoms with Gasteiger partial charge in [-0.05, 0) is 93.7 Å². The molecule has 0 aliphatic carbocycles. The lowest BCUT2D eigenvalue weighted by Gasteiger charge is -2.27. The van der Waals surface area contributed by atoms with Crippen molar-refractivity contribution in [1.82, 2.24) is 0 Å². The van der Waals surface area contributed by atoms with E-state index in [2.05, 4.69) is 169 Å². The molecule has 0 saturated carbocycles. The van der Waals surface area contributed by atoms with E-state index in [1.54, 1.807) is 0 Å². The van der Waals surface area contributed by atoms with Gasteiger partial charge in [-0.25, -0.2) is 0 Å². The van der Waals surface area contributed by atoms with Crippen molar-refractivity contribution in [1.29, 1.82) is 0 Å². The molecule has 0 N–H and O–H groups in total. The number of rotatable bonds is 5. The van der Waals surface area contributed by atoms with Gasteiger partial charge in [-0.15, -0.1) is 11.3 Å². The predicted octanol–water partition coefficient (Wildman–Crippen LogP) is 13.9. The predicted molar refractivity (Wildman–Crippen MR) is 210 cm³/mol. The maximum absolute atomic E-state index is 6.11. The summed E-state index contributed by atoms with van der Waals surface area (Å²) >= 11 is 1.86. The Morgan fingerprint density at radius 3 is 1.98 bits per heavy atom. The summed E-state index contributed by atoms with van der Waals surface area (Å²) in [5, 5.41) is 7.36. The van der Waals surface area contributed by atoms with Crippen molar-refractivity contribution in [3.8, 4) is 22.3 Å². The van der Waals surface area contributed by atoms with E-state index in [1.807, 2.05) is 23.5 Å². The number of fused-ring (bicyclic) bond motifs is 7. The molecule has 0 radical (unpaired) electrons. The van der Waals surface area contributed by atoms with E-state index < -0.39 is 0 Å². The van der Waals surface area contributed by atoms with Crippen molar-refractivity contribution in [2.24, 2.45) is 0 Å². The van der Waals surface area contributed by atoms with Gasteiger partial charge in [0.2, 0.25) is 0 Å².